The number of benzene rings is 2. The van der Waals surface area contributed by atoms with Gasteiger partial charge in [0.15, 0.2) is 5.65 Å². The van der Waals surface area contributed by atoms with Crippen LogP contribution >= 0.6 is 23.4 Å². The Hall–Kier alpha value is -3.11. The molecule has 0 spiro atoms. The molecule has 158 valence electrons. The molecule has 2 aromatic heterocycles. The summed E-state index contributed by atoms with van der Waals surface area (Å²) in [5.74, 6) is -0.504. The van der Waals surface area contributed by atoms with E-state index in [-0.39, 0.29) is 11.4 Å². The summed E-state index contributed by atoms with van der Waals surface area (Å²) in [6.07, 6.45) is -1.52. The van der Waals surface area contributed by atoms with E-state index in [0.29, 0.717) is 21.1 Å². The van der Waals surface area contributed by atoms with Gasteiger partial charge in [-0.25, -0.2) is 14.6 Å². The Labute approximate surface area is 183 Å². The number of anilines is 1. The minimum Gasteiger partial charge on any atom is -0.325 e. The third-order valence-corrected chi connectivity index (χ3v) is 5.47. The first kappa shape index (κ1) is 21.1. The van der Waals surface area contributed by atoms with Crippen molar-refractivity contribution in [1.29, 1.82) is 0 Å². The van der Waals surface area contributed by atoms with Gasteiger partial charge in [0.1, 0.15) is 11.4 Å². The zero-order chi connectivity index (χ0) is 22.0. The highest BCUT2D eigenvalue weighted by molar-refractivity contribution is 8.00. The minimum absolute atomic E-state index is 0.0471. The van der Waals surface area contributed by atoms with E-state index in [1.165, 1.54) is 18.5 Å². The number of hydrogen-bond acceptors (Lipinski definition) is 5. The van der Waals surface area contributed by atoms with Crippen LogP contribution < -0.4 is 5.32 Å². The van der Waals surface area contributed by atoms with Crippen LogP contribution in [0.15, 0.2) is 66.1 Å². The Bertz CT molecular complexity index is 1240. The molecule has 1 N–H and O–H groups in total. The molecule has 0 saturated carbocycles. The molecule has 2 aromatic carbocycles. The zero-order valence-corrected chi connectivity index (χ0v) is 17.2. The fourth-order valence-electron chi connectivity index (χ4n) is 2.81. The number of alkyl halides is 3. The molecule has 0 aliphatic heterocycles. The average Bonchev–Trinajstić information content (AvgIpc) is 3.17. The van der Waals surface area contributed by atoms with Crippen LogP contribution in [0.4, 0.5) is 18.9 Å². The summed E-state index contributed by atoms with van der Waals surface area (Å²) < 4.78 is 40.1. The van der Waals surface area contributed by atoms with E-state index in [1.54, 1.807) is 35.1 Å². The summed E-state index contributed by atoms with van der Waals surface area (Å²) in [5, 5.41) is 8.58. The second-order valence-corrected chi connectivity index (χ2v) is 7.76. The number of halogens is 4. The predicted octanol–water partition coefficient (Wildman–Crippen LogP) is 5.22. The SMILES string of the molecule is O=C(CSc1ncnc2c1cnn2-c1ccc(Cl)cc1)Nc1cccc(C(F)(F)F)c1. The van der Waals surface area contributed by atoms with Crippen molar-refractivity contribution in [2.75, 3.05) is 11.1 Å². The minimum atomic E-state index is -4.48. The molecule has 4 rings (SSSR count). The lowest BCUT2D eigenvalue weighted by atomic mass is 10.2. The van der Waals surface area contributed by atoms with E-state index in [9.17, 15) is 18.0 Å². The number of amides is 1. The standard InChI is InChI=1S/C20H13ClF3N5OS/c21-13-4-6-15(7-5-13)29-18-16(9-27-29)19(26-11-25-18)31-10-17(30)28-14-3-1-2-12(8-14)20(22,23)24/h1-9,11H,10H2,(H,28,30). The third kappa shape index (κ3) is 4.80. The first-order valence-electron chi connectivity index (χ1n) is 8.86. The van der Waals surface area contributed by atoms with Gasteiger partial charge in [-0.2, -0.15) is 18.3 Å². The second-order valence-electron chi connectivity index (χ2n) is 6.36. The van der Waals surface area contributed by atoms with Crippen LogP contribution in [-0.4, -0.2) is 31.4 Å². The van der Waals surface area contributed by atoms with Gasteiger partial charge in [0.2, 0.25) is 5.91 Å². The first-order chi connectivity index (χ1) is 14.8. The van der Waals surface area contributed by atoms with Crippen molar-refractivity contribution in [1.82, 2.24) is 19.7 Å². The van der Waals surface area contributed by atoms with Crippen molar-refractivity contribution >= 4 is 46.0 Å². The summed E-state index contributed by atoms with van der Waals surface area (Å²) in [7, 11) is 0. The number of thioether (sulfide) groups is 1. The molecule has 0 fully saturated rings. The lowest BCUT2D eigenvalue weighted by molar-refractivity contribution is -0.137. The van der Waals surface area contributed by atoms with E-state index in [1.807, 2.05) is 0 Å². The van der Waals surface area contributed by atoms with Crippen LogP contribution in [0.3, 0.4) is 0 Å². The molecule has 2 heterocycles. The van der Waals surface area contributed by atoms with Crippen LogP contribution in [0.1, 0.15) is 5.56 Å². The van der Waals surface area contributed by atoms with Crippen molar-refractivity contribution in [3.05, 3.63) is 71.6 Å². The van der Waals surface area contributed by atoms with Gasteiger partial charge >= 0.3 is 6.18 Å². The molecule has 4 aromatic rings. The molecule has 1 amide bonds. The Morgan fingerprint density at radius 1 is 1.13 bits per heavy atom. The average molecular weight is 464 g/mol. The number of carbonyl (C=O) groups is 1. The molecule has 0 atom stereocenters. The fraction of sp³-hybridized carbons (Fsp3) is 0.100. The Balaban J connectivity index is 1.48. The third-order valence-electron chi connectivity index (χ3n) is 4.21. The maximum absolute atomic E-state index is 12.8. The van der Waals surface area contributed by atoms with Crippen LogP contribution in [0, 0.1) is 0 Å². The van der Waals surface area contributed by atoms with Gasteiger partial charge in [0.25, 0.3) is 0 Å². The monoisotopic (exact) mass is 463 g/mol. The maximum atomic E-state index is 12.8. The number of nitrogens with one attached hydrogen (secondary N) is 1. The number of hydrogen-bond donors (Lipinski definition) is 1. The van der Waals surface area contributed by atoms with Crippen molar-refractivity contribution in [3.63, 3.8) is 0 Å². The first-order valence-corrected chi connectivity index (χ1v) is 10.2. The van der Waals surface area contributed by atoms with Crippen LogP contribution in [-0.2, 0) is 11.0 Å². The summed E-state index contributed by atoms with van der Waals surface area (Å²) in [4.78, 5) is 20.7. The molecule has 0 unspecified atom stereocenters. The Morgan fingerprint density at radius 3 is 2.65 bits per heavy atom. The van der Waals surface area contributed by atoms with Gasteiger partial charge < -0.3 is 5.32 Å². The normalized spacial score (nSPS) is 11.6. The smallest absolute Gasteiger partial charge is 0.325 e. The largest absolute Gasteiger partial charge is 0.416 e. The van der Waals surface area contributed by atoms with Gasteiger partial charge in [-0.05, 0) is 42.5 Å². The highest BCUT2D eigenvalue weighted by Crippen LogP contribution is 2.31. The lowest BCUT2D eigenvalue weighted by Crippen LogP contribution is -2.15. The summed E-state index contributed by atoms with van der Waals surface area (Å²) in [5.41, 5.74) is 0.559. The van der Waals surface area contributed by atoms with Gasteiger partial charge in [-0.1, -0.05) is 29.4 Å². The predicted molar refractivity (Wildman–Crippen MR) is 112 cm³/mol. The second kappa shape index (κ2) is 8.56. The summed E-state index contributed by atoms with van der Waals surface area (Å²) in [6, 6.07) is 11.5. The number of nitrogens with zero attached hydrogens (tertiary/aromatic N) is 4. The van der Waals surface area contributed by atoms with Crippen LogP contribution in [0.2, 0.25) is 5.02 Å². The highest BCUT2D eigenvalue weighted by atomic mass is 35.5. The van der Waals surface area contributed by atoms with Crippen LogP contribution in [0.25, 0.3) is 16.7 Å². The molecule has 31 heavy (non-hydrogen) atoms. The maximum Gasteiger partial charge on any atom is 0.416 e. The van der Waals surface area contributed by atoms with Gasteiger partial charge in [-0.15, -0.1) is 0 Å². The van der Waals surface area contributed by atoms with Gasteiger partial charge in [0.05, 0.1) is 28.6 Å². The van der Waals surface area contributed by atoms with Crippen molar-refractivity contribution in [2.45, 2.75) is 11.2 Å². The summed E-state index contributed by atoms with van der Waals surface area (Å²) >= 11 is 7.06. The molecule has 0 saturated heterocycles. The zero-order valence-electron chi connectivity index (χ0n) is 15.6. The van der Waals surface area contributed by atoms with Crippen molar-refractivity contribution in [3.8, 4) is 5.69 Å². The number of rotatable bonds is 5. The van der Waals surface area contributed by atoms with Crippen LogP contribution in [0.5, 0.6) is 0 Å². The van der Waals surface area contributed by atoms with E-state index in [0.717, 1.165) is 29.6 Å². The van der Waals surface area contributed by atoms with E-state index >= 15 is 0 Å². The van der Waals surface area contributed by atoms with Crippen molar-refractivity contribution in [2.24, 2.45) is 0 Å². The molecule has 0 bridgehead atoms. The van der Waals surface area contributed by atoms with E-state index in [4.69, 9.17) is 11.6 Å². The molecule has 11 heteroatoms. The number of carbonyl (C=O) groups excluding carboxylic acids is 1. The highest BCUT2D eigenvalue weighted by Gasteiger charge is 2.30. The lowest BCUT2D eigenvalue weighted by Gasteiger charge is -2.10. The molecule has 0 aliphatic rings. The van der Waals surface area contributed by atoms with Gasteiger partial charge in [-0.3, -0.25) is 4.79 Å². The topological polar surface area (TPSA) is 72.7 Å². The van der Waals surface area contributed by atoms with Gasteiger partial charge in [0, 0.05) is 10.7 Å². The van der Waals surface area contributed by atoms with E-state index < -0.39 is 17.6 Å². The van der Waals surface area contributed by atoms with Crippen molar-refractivity contribution < 1.29 is 18.0 Å². The number of fused-ring (bicyclic) bond motifs is 1. The van der Waals surface area contributed by atoms with E-state index in [2.05, 4.69) is 20.4 Å². The quantitative estimate of drug-likeness (QED) is 0.324. The molecule has 0 aliphatic carbocycles. The fourth-order valence-corrected chi connectivity index (χ4v) is 3.70. The molecule has 6 nitrogen and oxygen atoms in total. The molecular formula is C20H13ClF3N5OS. The molecular weight excluding hydrogens is 451 g/mol. The summed E-state index contributed by atoms with van der Waals surface area (Å²) in [6.45, 7) is 0. The Morgan fingerprint density at radius 2 is 1.90 bits per heavy atom. The molecule has 0 radical (unpaired) electrons. The Kier molecular flexibility index (Phi) is 5.84. The number of aromatic nitrogens is 4.